The Morgan fingerprint density at radius 2 is 1.81 bits per heavy atom. The van der Waals surface area contributed by atoms with Crippen LogP contribution in [0.4, 0.5) is 5.69 Å². The lowest BCUT2D eigenvalue weighted by molar-refractivity contribution is -0.113. The van der Waals surface area contributed by atoms with Gasteiger partial charge in [-0.2, -0.15) is 0 Å². The van der Waals surface area contributed by atoms with E-state index in [9.17, 15) is 9.59 Å². The maximum atomic E-state index is 12.4. The van der Waals surface area contributed by atoms with Gasteiger partial charge in [-0.25, -0.2) is 0 Å². The maximum Gasteiger partial charge on any atom is 0.253 e. The van der Waals surface area contributed by atoms with Gasteiger partial charge in [0.2, 0.25) is 5.91 Å². The van der Waals surface area contributed by atoms with E-state index < -0.39 is 0 Å². The van der Waals surface area contributed by atoms with Crippen LogP contribution in [0.5, 0.6) is 0 Å². The number of thioether (sulfide) groups is 1. The molecule has 0 fully saturated rings. The third-order valence-corrected chi connectivity index (χ3v) is 6.30. The number of amides is 2. The predicted octanol–water partition coefficient (Wildman–Crippen LogP) is 5.09. The smallest absolute Gasteiger partial charge is 0.253 e. The van der Waals surface area contributed by atoms with Crippen LogP contribution >= 0.6 is 46.6 Å². The summed E-state index contributed by atoms with van der Waals surface area (Å²) in [7, 11) is 0. The van der Waals surface area contributed by atoms with Gasteiger partial charge in [-0.3, -0.25) is 9.59 Å². The molecule has 0 spiro atoms. The number of nitrogens with one attached hydrogen (secondary N) is 2. The van der Waals surface area contributed by atoms with Crippen molar-refractivity contribution in [2.75, 3.05) is 11.1 Å². The van der Waals surface area contributed by atoms with Gasteiger partial charge < -0.3 is 15.2 Å². The van der Waals surface area contributed by atoms with Gasteiger partial charge in [-0.05, 0) is 24.3 Å². The number of aromatic nitrogens is 3. The minimum absolute atomic E-state index is 0.0735. The quantitative estimate of drug-likeness (QED) is 0.309. The third-order valence-electron chi connectivity index (χ3n) is 4.19. The highest BCUT2D eigenvalue weighted by atomic mass is 35.5. The fourth-order valence-electron chi connectivity index (χ4n) is 2.69. The first-order valence-electron chi connectivity index (χ1n) is 9.33. The van der Waals surface area contributed by atoms with Crippen molar-refractivity contribution in [1.82, 2.24) is 20.1 Å². The molecule has 0 aliphatic carbocycles. The molecule has 0 atom stereocenters. The van der Waals surface area contributed by atoms with E-state index in [1.54, 1.807) is 53.1 Å². The van der Waals surface area contributed by atoms with Crippen LogP contribution < -0.4 is 10.6 Å². The van der Waals surface area contributed by atoms with E-state index in [0.717, 1.165) is 0 Å². The van der Waals surface area contributed by atoms with Crippen molar-refractivity contribution in [3.63, 3.8) is 0 Å². The van der Waals surface area contributed by atoms with Gasteiger partial charge >= 0.3 is 0 Å². The lowest BCUT2D eigenvalue weighted by atomic mass is 10.2. The largest absolute Gasteiger partial charge is 0.345 e. The summed E-state index contributed by atoms with van der Waals surface area (Å²) in [5.74, 6) is -0.00730. The van der Waals surface area contributed by atoms with Crippen LogP contribution in [0.1, 0.15) is 16.2 Å². The molecule has 2 amide bonds. The van der Waals surface area contributed by atoms with Gasteiger partial charge in [0, 0.05) is 6.54 Å². The second-order valence-electron chi connectivity index (χ2n) is 6.40. The Labute approximate surface area is 204 Å². The molecule has 0 aliphatic rings. The zero-order valence-corrected chi connectivity index (χ0v) is 19.7. The van der Waals surface area contributed by atoms with Gasteiger partial charge in [0.15, 0.2) is 11.0 Å². The van der Waals surface area contributed by atoms with Crippen LogP contribution in [0.2, 0.25) is 15.1 Å². The molecule has 0 unspecified atom stereocenters. The van der Waals surface area contributed by atoms with Gasteiger partial charge in [-0.1, -0.05) is 70.8 Å². The molecule has 3 aromatic rings. The minimum Gasteiger partial charge on any atom is -0.345 e. The van der Waals surface area contributed by atoms with E-state index in [0.29, 0.717) is 38.8 Å². The number of hydrogen-bond donors (Lipinski definition) is 2. The first kappa shape index (κ1) is 24.1. The van der Waals surface area contributed by atoms with Crippen molar-refractivity contribution < 1.29 is 9.59 Å². The molecule has 0 saturated carbocycles. The molecule has 2 N–H and O–H groups in total. The van der Waals surface area contributed by atoms with E-state index in [2.05, 4.69) is 27.4 Å². The first-order valence-corrected chi connectivity index (χ1v) is 11.4. The Bertz CT molecular complexity index is 1150. The second-order valence-corrected chi connectivity index (χ2v) is 8.53. The SMILES string of the molecule is C=CCn1c(CNC(=O)c2ccccc2Cl)nnc1SCC(=O)Nc1cccc(Cl)c1Cl. The van der Waals surface area contributed by atoms with Crippen molar-refractivity contribution in [3.05, 3.63) is 81.6 Å². The molecule has 11 heteroatoms. The molecule has 2 aromatic carbocycles. The van der Waals surface area contributed by atoms with Crippen molar-refractivity contribution >= 4 is 64.1 Å². The van der Waals surface area contributed by atoms with Crippen molar-refractivity contribution in [3.8, 4) is 0 Å². The second kappa shape index (κ2) is 11.4. The fourth-order valence-corrected chi connectivity index (χ4v) is 4.02. The normalized spacial score (nSPS) is 10.6. The maximum absolute atomic E-state index is 12.4. The number of halogens is 3. The Balaban J connectivity index is 1.63. The summed E-state index contributed by atoms with van der Waals surface area (Å²) in [5.41, 5.74) is 0.801. The number of nitrogens with zero attached hydrogens (tertiary/aromatic N) is 3. The zero-order valence-electron chi connectivity index (χ0n) is 16.6. The Kier molecular flexibility index (Phi) is 8.58. The molecule has 0 saturated heterocycles. The van der Waals surface area contributed by atoms with Crippen molar-refractivity contribution in [2.24, 2.45) is 0 Å². The van der Waals surface area contributed by atoms with Crippen LogP contribution in [0.15, 0.2) is 60.3 Å². The molecule has 0 aliphatic heterocycles. The Hall–Kier alpha value is -2.52. The monoisotopic (exact) mass is 509 g/mol. The summed E-state index contributed by atoms with van der Waals surface area (Å²) in [6.45, 7) is 4.29. The molecule has 0 bridgehead atoms. The molecule has 0 radical (unpaired) electrons. The zero-order chi connectivity index (χ0) is 23.1. The molecule has 32 heavy (non-hydrogen) atoms. The first-order chi connectivity index (χ1) is 15.4. The third kappa shape index (κ3) is 6.04. The number of anilines is 1. The minimum atomic E-state index is -0.323. The summed E-state index contributed by atoms with van der Waals surface area (Å²) < 4.78 is 1.77. The molecule has 1 heterocycles. The topological polar surface area (TPSA) is 88.9 Å². The van der Waals surface area contributed by atoms with Gasteiger partial charge in [0.05, 0.1) is 38.6 Å². The molecule has 1 aromatic heterocycles. The molecule has 7 nitrogen and oxygen atoms in total. The van der Waals surface area contributed by atoms with Crippen LogP contribution in [-0.2, 0) is 17.9 Å². The average molecular weight is 511 g/mol. The summed E-state index contributed by atoms with van der Waals surface area (Å²) >= 11 is 19.3. The highest BCUT2D eigenvalue weighted by Crippen LogP contribution is 2.29. The van der Waals surface area contributed by atoms with Gasteiger partial charge in [0.1, 0.15) is 0 Å². The van der Waals surface area contributed by atoms with Crippen LogP contribution in [0.25, 0.3) is 0 Å². The lowest BCUT2D eigenvalue weighted by Gasteiger charge is -2.10. The number of rotatable bonds is 9. The van der Waals surface area contributed by atoms with E-state index in [-0.39, 0.29) is 29.1 Å². The van der Waals surface area contributed by atoms with Crippen LogP contribution in [0.3, 0.4) is 0 Å². The highest BCUT2D eigenvalue weighted by Gasteiger charge is 2.16. The van der Waals surface area contributed by atoms with E-state index in [1.165, 1.54) is 11.8 Å². The predicted molar refractivity (Wildman–Crippen MR) is 129 cm³/mol. The lowest BCUT2D eigenvalue weighted by Crippen LogP contribution is -2.25. The molecule has 166 valence electrons. The number of carbonyl (C=O) groups excluding carboxylic acids is 2. The van der Waals surface area contributed by atoms with Gasteiger partial charge in [0.25, 0.3) is 5.91 Å². The number of hydrogen-bond acceptors (Lipinski definition) is 5. The number of benzene rings is 2. The highest BCUT2D eigenvalue weighted by molar-refractivity contribution is 7.99. The van der Waals surface area contributed by atoms with Crippen molar-refractivity contribution in [1.29, 1.82) is 0 Å². The standard InChI is InChI=1S/C21H18Cl3N5O2S/c1-2-10-29-17(11-25-20(31)13-6-3-4-7-14(13)22)27-28-21(29)32-12-18(30)26-16-9-5-8-15(23)19(16)24/h2-9H,1,10-12H2,(H,25,31)(H,26,30). The summed E-state index contributed by atoms with van der Waals surface area (Å²) in [4.78, 5) is 24.8. The fraction of sp³-hybridized carbons (Fsp3) is 0.143. The molecular weight excluding hydrogens is 493 g/mol. The summed E-state index contributed by atoms with van der Waals surface area (Å²) in [5, 5.41) is 15.3. The average Bonchev–Trinajstić information content (AvgIpc) is 3.16. The number of allylic oxidation sites excluding steroid dienone is 1. The van der Waals surface area contributed by atoms with Crippen molar-refractivity contribution in [2.45, 2.75) is 18.2 Å². The Morgan fingerprint density at radius 3 is 2.56 bits per heavy atom. The summed E-state index contributed by atoms with van der Waals surface area (Å²) in [6.07, 6.45) is 1.68. The Morgan fingerprint density at radius 1 is 1.06 bits per heavy atom. The number of carbonyl (C=O) groups is 2. The summed E-state index contributed by atoms with van der Waals surface area (Å²) in [6, 6.07) is 11.8. The van der Waals surface area contributed by atoms with Gasteiger partial charge in [-0.15, -0.1) is 16.8 Å². The van der Waals surface area contributed by atoms with Crippen LogP contribution in [-0.4, -0.2) is 32.3 Å². The van der Waals surface area contributed by atoms with E-state index in [4.69, 9.17) is 34.8 Å². The van der Waals surface area contributed by atoms with E-state index >= 15 is 0 Å². The van der Waals surface area contributed by atoms with E-state index in [1.807, 2.05) is 0 Å². The molecule has 3 rings (SSSR count). The molecular formula is C21H18Cl3N5O2S. The van der Waals surface area contributed by atoms with Crippen LogP contribution in [0, 0.1) is 0 Å².